The van der Waals surface area contributed by atoms with Gasteiger partial charge in [0.2, 0.25) is 11.6 Å². The number of rotatable bonds is 10. The molecule has 0 fully saturated rings. The Morgan fingerprint density at radius 2 is 1.53 bits per heavy atom. The highest BCUT2D eigenvalue weighted by atomic mass is 16.5. The Hall–Kier alpha value is -3.95. The number of aromatic nitrogens is 2. The number of nitrogens with zero attached hydrogens (tertiary/aromatic N) is 2. The van der Waals surface area contributed by atoms with Crippen LogP contribution in [0.3, 0.4) is 0 Å². The standard InChI is InChI=1S/C22H25N3O7/c1-6-30-15-9-8-13(10-16(15)31-7-2)21-24-25-22(32-21)23-20(26)14-11-17(27-3)19(29-5)18(12-14)28-4/h8-12H,6-7H2,1-5H3,(H,23,25,26). The van der Waals surface area contributed by atoms with Crippen molar-refractivity contribution in [2.75, 3.05) is 39.9 Å². The van der Waals surface area contributed by atoms with Crippen LogP contribution in [0.1, 0.15) is 24.2 Å². The predicted molar refractivity (Wildman–Crippen MR) is 116 cm³/mol. The van der Waals surface area contributed by atoms with E-state index in [-0.39, 0.29) is 17.5 Å². The van der Waals surface area contributed by atoms with Gasteiger partial charge in [-0.2, -0.15) is 0 Å². The Morgan fingerprint density at radius 3 is 2.12 bits per heavy atom. The average molecular weight is 443 g/mol. The fraction of sp³-hybridized carbons (Fsp3) is 0.318. The van der Waals surface area contributed by atoms with Crippen LogP contribution in [0.25, 0.3) is 11.5 Å². The van der Waals surface area contributed by atoms with Crippen LogP contribution in [0.2, 0.25) is 0 Å². The van der Waals surface area contributed by atoms with E-state index in [0.717, 1.165) is 0 Å². The number of benzene rings is 2. The summed E-state index contributed by atoms with van der Waals surface area (Å²) in [5.74, 6) is 1.99. The highest BCUT2D eigenvalue weighted by Crippen LogP contribution is 2.38. The Morgan fingerprint density at radius 1 is 0.875 bits per heavy atom. The second kappa shape index (κ2) is 10.4. The second-order valence-corrected chi connectivity index (χ2v) is 6.31. The van der Waals surface area contributed by atoms with Crippen molar-refractivity contribution >= 4 is 11.9 Å². The zero-order valence-electron chi connectivity index (χ0n) is 18.6. The summed E-state index contributed by atoms with van der Waals surface area (Å²) in [7, 11) is 4.42. The van der Waals surface area contributed by atoms with Crippen molar-refractivity contribution in [2.24, 2.45) is 0 Å². The van der Waals surface area contributed by atoms with Crippen LogP contribution in [0, 0.1) is 0 Å². The molecule has 10 nitrogen and oxygen atoms in total. The predicted octanol–water partition coefficient (Wildman–Crippen LogP) is 3.81. The molecule has 0 spiro atoms. The summed E-state index contributed by atoms with van der Waals surface area (Å²) in [5, 5.41) is 10.5. The number of carbonyl (C=O) groups is 1. The van der Waals surface area contributed by atoms with E-state index in [4.69, 9.17) is 28.1 Å². The van der Waals surface area contributed by atoms with Crippen LogP contribution < -0.4 is 29.0 Å². The molecule has 2 aromatic carbocycles. The topological polar surface area (TPSA) is 114 Å². The van der Waals surface area contributed by atoms with Crippen molar-refractivity contribution in [3.8, 4) is 40.2 Å². The molecule has 1 amide bonds. The molecule has 10 heteroatoms. The molecule has 3 aromatic rings. The number of methoxy groups -OCH3 is 3. The van der Waals surface area contributed by atoms with Crippen LogP contribution in [0.5, 0.6) is 28.7 Å². The van der Waals surface area contributed by atoms with Crippen LogP contribution in [0.4, 0.5) is 6.01 Å². The number of ether oxygens (including phenoxy) is 5. The molecule has 3 rings (SSSR count). The van der Waals surface area contributed by atoms with E-state index < -0.39 is 5.91 Å². The summed E-state index contributed by atoms with van der Waals surface area (Å²) in [6.07, 6.45) is 0. The molecule has 0 saturated carbocycles. The van der Waals surface area contributed by atoms with Crippen molar-refractivity contribution in [2.45, 2.75) is 13.8 Å². The summed E-state index contributed by atoms with van der Waals surface area (Å²) in [5.41, 5.74) is 0.886. The maximum absolute atomic E-state index is 12.7. The number of nitrogens with one attached hydrogen (secondary N) is 1. The molecule has 0 aliphatic carbocycles. The lowest BCUT2D eigenvalue weighted by Gasteiger charge is -2.13. The lowest BCUT2D eigenvalue weighted by molar-refractivity contribution is 0.102. The van der Waals surface area contributed by atoms with E-state index in [1.807, 2.05) is 13.8 Å². The summed E-state index contributed by atoms with van der Waals surface area (Å²) < 4.78 is 32.6. The van der Waals surface area contributed by atoms with Gasteiger partial charge >= 0.3 is 6.01 Å². The van der Waals surface area contributed by atoms with Gasteiger partial charge in [0.05, 0.1) is 34.5 Å². The number of amides is 1. The minimum Gasteiger partial charge on any atom is -0.493 e. The third-order valence-corrected chi connectivity index (χ3v) is 4.36. The van der Waals surface area contributed by atoms with E-state index in [1.165, 1.54) is 33.5 Å². The monoisotopic (exact) mass is 443 g/mol. The number of hydrogen-bond donors (Lipinski definition) is 1. The van der Waals surface area contributed by atoms with Gasteiger partial charge in [-0.05, 0) is 44.2 Å². The van der Waals surface area contributed by atoms with E-state index in [2.05, 4.69) is 15.5 Å². The lowest BCUT2D eigenvalue weighted by atomic mass is 10.1. The van der Waals surface area contributed by atoms with Crippen LogP contribution in [-0.2, 0) is 0 Å². The smallest absolute Gasteiger partial charge is 0.322 e. The minimum absolute atomic E-state index is 0.0643. The van der Waals surface area contributed by atoms with Crippen molar-refractivity contribution in [3.05, 3.63) is 35.9 Å². The van der Waals surface area contributed by atoms with Gasteiger partial charge in [-0.15, -0.1) is 5.10 Å². The lowest BCUT2D eigenvalue weighted by Crippen LogP contribution is -2.13. The Balaban J connectivity index is 1.82. The molecule has 1 aromatic heterocycles. The van der Waals surface area contributed by atoms with Crippen LogP contribution in [-0.4, -0.2) is 50.6 Å². The first-order valence-corrected chi connectivity index (χ1v) is 9.89. The molecule has 0 saturated heterocycles. The van der Waals surface area contributed by atoms with Gasteiger partial charge in [-0.1, -0.05) is 5.10 Å². The first-order valence-electron chi connectivity index (χ1n) is 9.89. The normalized spacial score (nSPS) is 10.4. The largest absolute Gasteiger partial charge is 0.493 e. The Labute approximate surface area is 185 Å². The molecule has 0 atom stereocenters. The number of carbonyl (C=O) groups excluding carboxylic acids is 1. The van der Waals surface area contributed by atoms with Gasteiger partial charge in [0, 0.05) is 11.1 Å². The summed E-state index contributed by atoms with van der Waals surface area (Å²) in [6, 6.07) is 8.26. The number of anilines is 1. The maximum Gasteiger partial charge on any atom is 0.322 e. The highest BCUT2D eigenvalue weighted by molar-refractivity contribution is 6.04. The molecule has 0 radical (unpaired) electrons. The molecule has 1 N–H and O–H groups in total. The quantitative estimate of drug-likeness (QED) is 0.499. The minimum atomic E-state index is -0.485. The van der Waals surface area contributed by atoms with Crippen LogP contribution in [0.15, 0.2) is 34.7 Å². The van der Waals surface area contributed by atoms with E-state index >= 15 is 0 Å². The first-order chi connectivity index (χ1) is 15.5. The molecule has 0 aliphatic rings. The molecule has 1 heterocycles. The molecular weight excluding hydrogens is 418 g/mol. The summed E-state index contributed by atoms with van der Waals surface area (Å²) in [6.45, 7) is 4.76. The van der Waals surface area contributed by atoms with Gasteiger partial charge in [0.1, 0.15) is 0 Å². The third kappa shape index (κ3) is 4.85. The van der Waals surface area contributed by atoms with Gasteiger partial charge in [0.25, 0.3) is 5.91 Å². The van der Waals surface area contributed by atoms with Crippen molar-refractivity contribution in [1.82, 2.24) is 10.2 Å². The van der Waals surface area contributed by atoms with E-state index in [9.17, 15) is 4.79 Å². The zero-order valence-corrected chi connectivity index (χ0v) is 18.6. The third-order valence-electron chi connectivity index (χ3n) is 4.36. The van der Waals surface area contributed by atoms with Crippen molar-refractivity contribution in [3.63, 3.8) is 0 Å². The first kappa shape index (κ1) is 22.7. The molecule has 0 aliphatic heterocycles. The molecule has 0 bridgehead atoms. The maximum atomic E-state index is 12.7. The fourth-order valence-electron chi connectivity index (χ4n) is 2.96. The SMILES string of the molecule is CCOc1ccc(-c2nnc(NC(=O)c3cc(OC)c(OC)c(OC)c3)o2)cc1OCC. The molecule has 170 valence electrons. The van der Waals surface area contributed by atoms with Gasteiger partial charge in [0.15, 0.2) is 23.0 Å². The van der Waals surface area contributed by atoms with Gasteiger partial charge in [-0.3, -0.25) is 10.1 Å². The zero-order chi connectivity index (χ0) is 23.1. The fourth-order valence-corrected chi connectivity index (χ4v) is 2.96. The van der Waals surface area contributed by atoms with Gasteiger partial charge in [-0.25, -0.2) is 0 Å². The average Bonchev–Trinajstić information content (AvgIpc) is 3.27. The molecule has 0 unspecified atom stereocenters. The molecule has 32 heavy (non-hydrogen) atoms. The van der Waals surface area contributed by atoms with Gasteiger partial charge < -0.3 is 28.1 Å². The highest BCUT2D eigenvalue weighted by Gasteiger charge is 2.19. The van der Waals surface area contributed by atoms with Crippen molar-refractivity contribution < 1.29 is 32.9 Å². The van der Waals surface area contributed by atoms with Crippen LogP contribution >= 0.6 is 0 Å². The summed E-state index contributed by atoms with van der Waals surface area (Å²) in [4.78, 5) is 12.7. The molecular formula is C22H25N3O7. The van der Waals surface area contributed by atoms with E-state index in [0.29, 0.717) is 47.5 Å². The summed E-state index contributed by atoms with van der Waals surface area (Å²) >= 11 is 0. The number of hydrogen-bond acceptors (Lipinski definition) is 9. The van der Waals surface area contributed by atoms with Crippen molar-refractivity contribution in [1.29, 1.82) is 0 Å². The Bertz CT molecular complexity index is 1060. The second-order valence-electron chi connectivity index (χ2n) is 6.31. The Kier molecular flexibility index (Phi) is 7.37. The van der Waals surface area contributed by atoms with E-state index in [1.54, 1.807) is 18.2 Å².